The van der Waals surface area contributed by atoms with Crippen LogP contribution in [0.1, 0.15) is 23.6 Å². The zero-order chi connectivity index (χ0) is 14.5. The van der Waals surface area contributed by atoms with E-state index < -0.39 is 0 Å². The van der Waals surface area contributed by atoms with Gasteiger partial charge in [0.15, 0.2) is 0 Å². The Morgan fingerprint density at radius 1 is 1.00 bits per heavy atom. The van der Waals surface area contributed by atoms with Crippen molar-refractivity contribution in [2.75, 3.05) is 0 Å². The first-order valence-electron chi connectivity index (χ1n) is 6.77. The van der Waals surface area contributed by atoms with Crippen LogP contribution >= 0.6 is 31.9 Å². The van der Waals surface area contributed by atoms with Crippen molar-refractivity contribution in [3.8, 4) is 0 Å². The Bertz CT molecular complexity index is 564. The fraction of sp³-hybridized carbons (Fsp3) is 0.294. The Kier molecular flexibility index (Phi) is 5.82. The molecule has 2 aromatic rings. The van der Waals surface area contributed by atoms with Gasteiger partial charge in [-0.05, 0) is 55.2 Å². The third-order valence-electron chi connectivity index (χ3n) is 3.35. The Labute approximate surface area is 138 Å². The second-order valence-corrected chi connectivity index (χ2v) is 6.97. The highest BCUT2D eigenvalue weighted by Gasteiger charge is 2.04. The zero-order valence-corrected chi connectivity index (χ0v) is 15.0. The van der Waals surface area contributed by atoms with Gasteiger partial charge in [0.2, 0.25) is 0 Å². The minimum atomic E-state index is 0.455. The monoisotopic (exact) mass is 395 g/mol. The summed E-state index contributed by atoms with van der Waals surface area (Å²) in [5.74, 6) is 0. The van der Waals surface area contributed by atoms with Crippen LogP contribution in [0.2, 0.25) is 0 Å². The third-order valence-corrected chi connectivity index (χ3v) is 4.73. The van der Waals surface area contributed by atoms with Gasteiger partial charge in [0.1, 0.15) is 0 Å². The molecule has 0 amide bonds. The van der Waals surface area contributed by atoms with E-state index in [4.69, 9.17) is 0 Å². The van der Waals surface area contributed by atoms with Gasteiger partial charge in [-0.25, -0.2) is 0 Å². The van der Waals surface area contributed by atoms with Crippen LogP contribution in [0, 0.1) is 6.92 Å². The maximum absolute atomic E-state index is 3.58. The van der Waals surface area contributed by atoms with Crippen molar-refractivity contribution < 1.29 is 0 Å². The van der Waals surface area contributed by atoms with Crippen molar-refractivity contribution in [2.24, 2.45) is 0 Å². The predicted molar refractivity (Wildman–Crippen MR) is 93.0 cm³/mol. The molecule has 1 N–H and O–H groups in total. The molecule has 0 radical (unpaired) electrons. The van der Waals surface area contributed by atoms with Gasteiger partial charge in [-0.2, -0.15) is 0 Å². The predicted octanol–water partition coefficient (Wildman–Crippen LogP) is 5.24. The lowest BCUT2D eigenvalue weighted by molar-refractivity contribution is 0.545. The number of halogens is 2. The van der Waals surface area contributed by atoms with Gasteiger partial charge < -0.3 is 5.32 Å². The molecule has 0 aliphatic carbocycles. The van der Waals surface area contributed by atoms with Crippen molar-refractivity contribution in [3.05, 3.63) is 68.1 Å². The Morgan fingerprint density at radius 2 is 1.65 bits per heavy atom. The van der Waals surface area contributed by atoms with E-state index in [1.807, 2.05) is 0 Å². The highest BCUT2D eigenvalue weighted by atomic mass is 79.9. The van der Waals surface area contributed by atoms with Gasteiger partial charge in [-0.3, -0.25) is 0 Å². The summed E-state index contributed by atoms with van der Waals surface area (Å²) in [7, 11) is 0. The third kappa shape index (κ3) is 4.72. The van der Waals surface area contributed by atoms with Crippen LogP contribution in [0.25, 0.3) is 0 Å². The van der Waals surface area contributed by atoms with Crippen molar-refractivity contribution in [1.82, 2.24) is 5.32 Å². The standard InChI is InChI=1S/C17H19Br2N/c1-12-3-4-15(10-17(12)19)11-20-13(2)9-14-5-7-16(18)8-6-14/h3-8,10,13,20H,9,11H2,1-2H3. The summed E-state index contributed by atoms with van der Waals surface area (Å²) in [6.07, 6.45) is 1.04. The summed E-state index contributed by atoms with van der Waals surface area (Å²) in [5.41, 5.74) is 3.94. The van der Waals surface area contributed by atoms with Crippen molar-refractivity contribution in [3.63, 3.8) is 0 Å². The van der Waals surface area contributed by atoms with E-state index in [-0.39, 0.29) is 0 Å². The number of hydrogen-bond acceptors (Lipinski definition) is 1. The number of hydrogen-bond donors (Lipinski definition) is 1. The molecular formula is C17H19Br2N. The van der Waals surface area contributed by atoms with E-state index in [0.29, 0.717) is 6.04 Å². The molecule has 1 nitrogen and oxygen atoms in total. The van der Waals surface area contributed by atoms with Crippen LogP contribution in [-0.2, 0) is 13.0 Å². The van der Waals surface area contributed by atoms with E-state index in [9.17, 15) is 0 Å². The second-order valence-electron chi connectivity index (χ2n) is 5.20. The molecule has 0 heterocycles. The molecule has 0 bridgehead atoms. The Balaban J connectivity index is 1.86. The van der Waals surface area contributed by atoms with Crippen LogP contribution in [0.5, 0.6) is 0 Å². The lowest BCUT2D eigenvalue weighted by atomic mass is 10.1. The van der Waals surface area contributed by atoms with Crippen LogP contribution in [0.3, 0.4) is 0 Å². The first-order chi connectivity index (χ1) is 9.54. The fourth-order valence-corrected chi connectivity index (χ4v) is 2.78. The highest BCUT2D eigenvalue weighted by molar-refractivity contribution is 9.10. The van der Waals surface area contributed by atoms with E-state index >= 15 is 0 Å². The van der Waals surface area contributed by atoms with E-state index in [1.54, 1.807) is 0 Å². The van der Waals surface area contributed by atoms with Crippen LogP contribution in [0.15, 0.2) is 51.4 Å². The molecule has 0 saturated carbocycles. The normalized spacial score (nSPS) is 12.4. The number of nitrogens with one attached hydrogen (secondary N) is 1. The molecule has 20 heavy (non-hydrogen) atoms. The first-order valence-corrected chi connectivity index (χ1v) is 8.36. The van der Waals surface area contributed by atoms with Gasteiger partial charge in [-0.1, -0.05) is 56.1 Å². The fourth-order valence-electron chi connectivity index (χ4n) is 2.08. The lowest BCUT2D eigenvalue weighted by Crippen LogP contribution is -2.27. The summed E-state index contributed by atoms with van der Waals surface area (Å²) in [6.45, 7) is 5.24. The molecule has 2 aromatic carbocycles. The zero-order valence-electron chi connectivity index (χ0n) is 11.8. The number of rotatable bonds is 5. The van der Waals surface area contributed by atoms with Crippen molar-refractivity contribution in [1.29, 1.82) is 0 Å². The molecular weight excluding hydrogens is 378 g/mol. The molecule has 0 aromatic heterocycles. The molecule has 0 aliphatic rings. The minimum absolute atomic E-state index is 0.455. The quantitative estimate of drug-likeness (QED) is 0.728. The molecule has 3 heteroatoms. The molecule has 0 aliphatic heterocycles. The molecule has 0 saturated heterocycles. The summed E-state index contributed by atoms with van der Waals surface area (Å²) >= 11 is 7.05. The lowest BCUT2D eigenvalue weighted by Gasteiger charge is -2.14. The smallest absolute Gasteiger partial charge is 0.0208 e. The average molecular weight is 397 g/mol. The van der Waals surface area contributed by atoms with Gasteiger partial charge in [0.25, 0.3) is 0 Å². The van der Waals surface area contributed by atoms with Gasteiger partial charge in [-0.15, -0.1) is 0 Å². The summed E-state index contributed by atoms with van der Waals surface area (Å²) < 4.78 is 2.31. The van der Waals surface area contributed by atoms with Gasteiger partial charge in [0, 0.05) is 21.5 Å². The summed E-state index contributed by atoms with van der Waals surface area (Å²) in [5, 5.41) is 3.58. The van der Waals surface area contributed by atoms with E-state index in [1.165, 1.54) is 21.2 Å². The Hall–Kier alpha value is -0.640. The topological polar surface area (TPSA) is 12.0 Å². The van der Waals surface area contributed by atoms with Crippen LogP contribution < -0.4 is 5.32 Å². The molecule has 0 fully saturated rings. The second kappa shape index (κ2) is 7.39. The molecule has 1 atom stereocenters. The Morgan fingerprint density at radius 3 is 2.30 bits per heavy atom. The maximum atomic E-state index is 3.58. The van der Waals surface area contributed by atoms with E-state index in [0.717, 1.165) is 17.4 Å². The SMILES string of the molecule is Cc1ccc(CNC(C)Cc2ccc(Br)cc2)cc1Br. The van der Waals surface area contributed by atoms with Gasteiger partial charge in [0.05, 0.1) is 0 Å². The van der Waals surface area contributed by atoms with Gasteiger partial charge >= 0.3 is 0 Å². The molecule has 1 unspecified atom stereocenters. The summed E-state index contributed by atoms with van der Waals surface area (Å²) in [4.78, 5) is 0. The number of aryl methyl sites for hydroxylation is 1. The minimum Gasteiger partial charge on any atom is -0.310 e. The van der Waals surface area contributed by atoms with Crippen LogP contribution in [-0.4, -0.2) is 6.04 Å². The summed E-state index contributed by atoms with van der Waals surface area (Å²) in [6, 6.07) is 15.5. The molecule has 0 spiro atoms. The molecule has 106 valence electrons. The van der Waals surface area contributed by atoms with Crippen LogP contribution in [0.4, 0.5) is 0 Å². The van der Waals surface area contributed by atoms with Crippen molar-refractivity contribution in [2.45, 2.75) is 32.9 Å². The van der Waals surface area contributed by atoms with E-state index in [2.05, 4.69) is 93.5 Å². The highest BCUT2D eigenvalue weighted by Crippen LogP contribution is 2.17. The first kappa shape index (κ1) is 15.7. The maximum Gasteiger partial charge on any atom is 0.0208 e. The van der Waals surface area contributed by atoms with Crippen molar-refractivity contribution >= 4 is 31.9 Å². The molecule has 2 rings (SSSR count). The average Bonchev–Trinajstić information content (AvgIpc) is 2.43. The largest absolute Gasteiger partial charge is 0.310 e. The number of benzene rings is 2.